The first kappa shape index (κ1) is 19.6. The molecule has 0 saturated heterocycles. The minimum atomic E-state index is 0.298. The zero-order valence-electron chi connectivity index (χ0n) is 15.9. The summed E-state index contributed by atoms with van der Waals surface area (Å²) in [7, 11) is 0. The number of hydrogen-bond donors (Lipinski definition) is 0. The monoisotopic (exact) mass is 418 g/mol. The van der Waals surface area contributed by atoms with E-state index in [1.807, 2.05) is 0 Å². The Morgan fingerprint density at radius 3 is 1.89 bits per heavy atom. The zero-order valence-corrected chi connectivity index (χ0v) is 17.5. The summed E-state index contributed by atoms with van der Waals surface area (Å²) in [6, 6.07) is 28.1. The lowest BCUT2D eigenvalue weighted by Crippen LogP contribution is -2.21. The topological polar surface area (TPSA) is 0 Å². The van der Waals surface area contributed by atoms with Crippen LogP contribution in [0.15, 0.2) is 78.9 Å². The zero-order chi connectivity index (χ0) is 19.2. The molecule has 0 aromatic heterocycles. The lowest BCUT2D eigenvalue weighted by Gasteiger charge is -2.24. The van der Waals surface area contributed by atoms with Crippen molar-refractivity contribution in [2.45, 2.75) is 36.4 Å². The van der Waals surface area contributed by atoms with Crippen LogP contribution in [0.2, 0.25) is 0 Å². The molecule has 0 aliphatic heterocycles. The average molecular weight is 419 g/mol. The fourth-order valence-corrected chi connectivity index (χ4v) is 4.40. The second kappa shape index (κ2) is 9.19. The Morgan fingerprint density at radius 2 is 1.30 bits per heavy atom. The third-order valence-electron chi connectivity index (χ3n) is 5.36. The van der Waals surface area contributed by atoms with Crippen molar-refractivity contribution in [1.29, 1.82) is 0 Å². The molecule has 27 heavy (non-hydrogen) atoms. The van der Waals surface area contributed by atoms with Crippen molar-refractivity contribution in [2.75, 3.05) is 0 Å². The highest BCUT2D eigenvalue weighted by Crippen LogP contribution is 2.39. The van der Waals surface area contributed by atoms with E-state index in [1.54, 1.807) is 0 Å². The van der Waals surface area contributed by atoms with Crippen LogP contribution in [-0.4, -0.2) is 0 Å². The van der Waals surface area contributed by atoms with Gasteiger partial charge in [-0.3, -0.25) is 0 Å². The molecule has 3 aromatic carbocycles. The van der Waals surface area contributed by atoms with E-state index in [2.05, 4.69) is 115 Å². The van der Waals surface area contributed by atoms with Crippen LogP contribution in [-0.2, 0) is 0 Å². The van der Waals surface area contributed by atoms with Crippen LogP contribution in [0.3, 0.4) is 0 Å². The van der Waals surface area contributed by atoms with Crippen molar-refractivity contribution in [2.24, 2.45) is 0 Å². The lowest BCUT2D eigenvalue weighted by atomic mass is 9.83. The van der Waals surface area contributed by atoms with Crippen molar-refractivity contribution >= 4 is 29.1 Å². The molecule has 0 bridgehead atoms. The lowest BCUT2D eigenvalue weighted by molar-refractivity contribution is 0.524. The highest BCUT2D eigenvalue weighted by atomic mass is 79.9. The summed E-state index contributed by atoms with van der Waals surface area (Å²) < 4.78 is 0. The van der Waals surface area contributed by atoms with Gasteiger partial charge in [0.05, 0.1) is 0 Å². The van der Waals surface area contributed by atoms with Gasteiger partial charge in [-0.25, -0.2) is 0 Å². The van der Waals surface area contributed by atoms with Crippen LogP contribution in [0.5, 0.6) is 0 Å². The Balaban J connectivity index is 1.82. The van der Waals surface area contributed by atoms with Crippen LogP contribution >= 0.6 is 15.9 Å². The predicted octanol–water partition coefficient (Wildman–Crippen LogP) is 6.31. The number of benzene rings is 3. The molecular formula is C26H27Br. The Kier molecular flexibility index (Phi) is 6.68. The molecule has 3 rings (SSSR count). The van der Waals surface area contributed by atoms with Gasteiger partial charge in [0.2, 0.25) is 0 Å². The number of alkyl halides is 1. The molecule has 3 atom stereocenters. The third-order valence-corrected chi connectivity index (χ3v) is 6.26. The summed E-state index contributed by atoms with van der Waals surface area (Å²) in [5.74, 6) is 1.00. The first-order valence-corrected chi connectivity index (χ1v) is 10.5. The van der Waals surface area contributed by atoms with Crippen molar-refractivity contribution < 1.29 is 0 Å². The van der Waals surface area contributed by atoms with E-state index in [0.717, 1.165) is 23.3 Å². The molecule has 0 spiro atoms. The second-order valence-electron chi connectivity index (χ2n) is 7.39. The standard InChI is InChI=1S/C26H27Br/c1-19-14-15-24(16-20(19)2)26(27)18-25(23-12-8-5-9-13-23)17-21(3)22-10-6-4-7-11-22/h4-16,21,25-26H,1-2,17-18H2,3H3. The normalized spacial score (nSPS) is 14.4. The molecule has 0 heterocycles. The highest BCUT2D eigenvalue weighted by molar-refractivity contribution is 9.09. The second-order valence-corrected chi connectivity index (χ2v) is 8.49. The van der Waals surface area contributed by atoms with E-state index in [1.165, 1.54) is 16.7 Å². The Morgan fingerprint density at radius 1 is 0.704 bits per heavy atom. The first-order chi connectivity index (χ1) is 13.0. The van der Waals surface area contributed by atoms with Gasteiger partial charge < -0.3 is 0 Å². The largest absolute Gasteiger partial charge is 0.0912 e. The molecule has 3 aromatic rings. The van der Waals surface area contributed by atoms with Crippen molar-refractivity contribution in [3.05, 3.63) is 106 Å². The van der Waals surface area contributed by atoms with Crippen molar-refractivity contribution in [1.82, 2.24) is 0 Å². The fraction of sp³-hybridized carbons (Fsp3) is 0.231. The smallest absolute Gasteiger partial charge is 0.0401 e. The summed E-state index contributed by atoms with van der Waals surface area (Å²) in [5.41, 5.74) is 4.10. The summed E-state index contributed by atoms with van der Waals surface area (Å²) >= 11 is 3.94. The highest BCUT2D eigenvalue weighted by Gasteiger charge is 2.21. The average Bonchev–Trinajstić information content (AvgIpc) is 2.70. The molecule has 0 aliphatic rings. The van der Waals surface area contributed by atoms with Crippen LogP contribution < -0.4 is 10.4 Å². The van der Waals surface area contributed by atoms with E-state index in [9.17, 15) is 0 Å². The van der Waals surface area contributed by atoms with Crippen LogP contribution in [0.1, 0.15) is 53.1 Å². The Labute approximate surface area is 171 Å². The van der Waals surface area contributed by atoms with E-state index >= 15 is 0 Å². The third kappa shape index (κ3) is 5.20. The molecule has 0 N–H and O–H groups in total. The van der Waals surface area contributed by atoms with E-state index in [4.69, 9.17) is 0 Å². The predicted molar refractivity (Wildman–Crippen MR) is 122 cm³/mol. The molecule has 1 heteroatoms. The minimum Gasteiger partial charge on any atom is -0.0912 e. The van der Waals surface area contributed by atoms with Crippen LogP contribution in [0.25, 0.3) is 13.2 Å². The van der Waals surface area contributed by atoms with Gasteiger partial charge >= 0.3 is 0 Å². The van der Waals surface area contributed by atoms with Gasteiger partial charge in [-0.1, -0.05) is 115 Å². The fourth-order valence-electron chi connectivity index (χ4n) is 3.66. The summed E-state index contributed by atoms with van der Waals surface area (Å²) in [6.45, 7) is 10.5. The van der Waals surface area contributed by atoms with Gasteiger partial charge in [0.1, 0.15) is 0 Å². The van der Waals surface area contributed by atoms with Crippen LogP contribution in [0, 0.1) is 0 Å². The summed E-state index contributed by atoms with van der Waals surface area (Å²) in [6.07, 6.45) is 2.18. The summed E-state index contributed by atoms with van der Waals surface area (Å²) in [5, 5.41) is 2.00. The minimum absolute atomic E-state index is 0.298. The molecular weight excluding hydrogens is 392 g/mol. The van der Waals surface area contributed by atoms with Crippen molar-refractivity contribution in [3.63, 3.8) is 0 Å². The van der Waals surface area contributed by atoms with Gasteiger partial charge in [-0.2, -0.15) is 0 Å². The SMILES string of the molecule is C=c1ccc(C(Br)CC(CC(C)c2ccccc2)c2ccccc2)cc1=C. The maximum atomic E-state index is 4.11. The molecule has 0 amide bonds. The number of hydrogen-bond acceptors (Lipinski definition) is 0. The maximum Gasteiger partial charge on any atom is 0.0401 e. The van der Waals surface area contributed by atoms with Gasteiger partial charge in [0.25, 0.3) is 0 Å². The molecule has 0 radical (unpaired) electrons. The van der Waals surface area contributed by atoms with E-state index < -0.39 is 0 Å². The first-order valence-electron chi connectivity index (χ1n) is 9.56. The quantitative estimate of drug-likeness (QED) is 0.394. The molecule has 0 saturated carbocycles. The van der Waals surface area contributed by atoms with Crippen LogP contribution in [0.4, 0.5) is 0 Å². The number of halogens is 1. The van der Waals surface area contributed by atoms with E-state index in [-0.39, 0.29) is 0 Å². The van der Waals surface area contributed by atoms with Gasteiger partial charge in [0.15, 0.2) is 0 Å². The Hall–Kier alpha value is -2.12. The van der Waals surface area contributed by atoms with Gasteiger partial charge in [-0.05, 0) is 51.8 Å². The molecule has 138 valence electrons. The Bertz CT molecular complexity index is 947. The van der Waals surface area contributed by atoms with E-state index in [0.29, 0.717) is 16.7 Å². The van der Waals surface area contributed by atoms with Gasteiger partial charge in [0, 0.05) is 4.83 Å². The summed E-state index contributed by atoms with van der Waals surface area (Å²) in [4.78, 5) is 0.298. The maximum absolute atomic E-state index is 4.11. The molecule has 0 fully saturated rings. The number of rotatable bonds is 7. The van der Waals surface area contributed by atoms with Gasteiger partial charge in [-0.15, -0.1) is 0 Å². The molecule has 0 aliphatic carbocycles. The molecule has 0 nitrogen and oxygen atoms in total. The van der Waals surface area contributed by atoms with Crippen molar-refractivity contribution in [3.8, 4) is 0 Å². The molecule has 3 unspecified atom stereocenters.